The first kappa shape index (κ1) is 8.94. The number of hydrogen-bond acceptors (Lipinski definition) is 2. The number of carbonyl (C=O) groups excluding carboxylic acids is 1. The van der Waals surface area contributed by atoms with E-state index in [0.717, 1.165) is 10.9 Å². The van der Waals surface area contributed by atoms with Gasteiger partial charge < -0.3 is 0 Å². The molecule has 1 aromatic heterocycles. The molecule has 0 aliphatic heterocycles. The highest BCUT2D eigenvalue weighted by Gasteiger charge is 2.41. The van der Waals surface area contributed by atoms with Gasteiger partial charge in [0.1, 0.15) is 5.69 Å². The maximum absolute atomic E-state index is 11.8. The second-order valence-corrected chi connectivity index (χ2v) is 4.50. The van der Waals surface area contributed by atoms with Crippen LogP contribution in [0.3, 0.4) is 0 Å². The average molecular weight is 243 g/mol. The summed E-state index contributed by atoms with van der Waals surface area (Å²) in [7, 11) is 1.80. The second-order valence-electron chi connectivity index (χ2n) is 3.65. The Kier molecular flexibility index (Phi) is 2.02. The van der Waals surface area contributed by atoms with E-state index in [9.17, 15) is 4.79 Å². The number of ketones is 1. The van der Waals surface area contributed by atoms with Crippen molar-refractivity contribution in [2.24, 2.45) is 18.9 Å². The number of hydrogen-bond donors (Lipinski definition) is 0. The van der Waals surface area contributed by atoms with Gasteiger partial charge in [-0.3, -0.25) is 9.48 Å². The Morgan fingerprint density at radius 3 is 2.77 bits per heavy atom. The van der Waals surface area contributed by atoms with Crippen LogP contribution >= 0.6 is 15.9 Å². The summed E-state index contributed by atoms with van der Waals surface area (Å²) in [4.78, 5) is 11.8. The monoisotopic (exact) mass is 242 g/mol. The molecule has 0 radical (unpaired) electrons. The minimum absolute atomic E-state index is 0.222. The molecule has 4 heteroatoms. The lowest BCUT2D eigenvalue weighted by Crippen LogP contribution is -2.10. The van der Waals surface area contributed by atoms with Gasteiger partial charge in [0.05, 0.1) is 10.7 Å². The molecule has 0 aromatic carbocycles. The third-order valence-corrected chi connectivity index (χ3v) is 3.15. The normalized spacial score (nSPS) is 26.1. The van der Waals surface area contributed by atoms with E-state index in [1.807, 2.05) is 0 Å². The summed E-state index contributed by atoms with van der Waals surface area (Å²) < 4.78 is 2.44. The van der Waals surface area contributed by atoms with Crippen LogP contribution in [0.25, 0.3) is 0 Å². The molecular formula is C9H11BrN2O. The van der Waals surface area contributed by atoms with Gasteiger partial charge in [0.25, 0.3) is 0 Å². The number of aromatic nitrogens is 2. The molecule has 70 valence electrons. The standard InChI is InChI=1S/C9H11BrN2O/c1-5-3-6(5)9(13)8-7(10)4-11-12(8)2/h4-6H,3H2,1-2H3. The number of Topliss-reactive ketones (excluding diaryl/α,β-unsaturated/α-hetero) is 1. The Morgan fingerprint density at radius 2 is 2.38 bits per heavy atom. The maximum atomic E-state index is 11.8. The van der Waals surface area contributed by atoms with E-state index in [2.05, 4.69) is 28.0 Å². The van der Waals surface area contributed by atoms with Crippen molar-refractivity contribution in [1.29, 1.82) is 0 Å². The van der Waals surface area contributed by atoms with E-state index >= 15 is 0 Å². The van der Waals surface area contributed by atoms with Crippen LogP contribution in [0.1, 0.15) is 23.8 Å². The van der Waals surface area contributed by atoms with Crippen LogP contribution in [0.15, 0.2) is 10.7 Å². The summed E-state index contributed by atoms with van der Waals surface area (Å²) in [6.45, 7) is 2.10. The summed E-state index contributed by atoms with van der Waals surface area (Å²) in [5.41, 5.74) is 0.703. The Bertz CT molecular complexity index is 339. The smallest absolute Gasteiger partial charge is 0.185 e. The van der Waals surface area contributed by atoms with E-state index in [-0.39, 0.29) is 11.7 Å². The van der Waals surface area contributed by atoms with Crippen molar-refractivity contribution >= 4 is 21.7 Å². The van der Waals surface area contributed by atoms with Crippen LogP contribution in [0.5, 0.6) is 0 Å². The molecule has 0 amide bonds. The SMILES string of the molecule is CC1CC1C(=O)c1c(Br)cnn1C. The van der Waals surface area contributed by atoms with Crippen LogP contribution in [0, 0.1) is 11.8 Å². The van der Waals surface area contributed by atoms with Crippen LogP contribution < -0.4 is 0 Å². The third-order valence-electron chi connectivity index (χ3n) is 2.57. The molecule has 3 nitrogen and oxygen atoms in total. The van der Waals surface area contributed by atoms with E-state index < -0.39 is 0 Å². The Balaban J connectivity index is 2.29. The summed E-state index contributed by atoms with van der Waals surface area (Å²) in [5, 5.41) is 4.02. The molecule has 13 heavy (non-hydrogen) atoms. The zero-order chi connectivity index (χ0) is 9.59. The molecule has 0 bridgehead atoms. The second kappa shape index (κ2) is 2.94. The fraction of sp³-hybridized carbons (Fsp3) is 0.556. The quantitative estimate of drug-likeness (QED) is 0.745. The average Bonchev–Trinajstić information content (AvgIpc) is 2.70. The topological polar surface area (TPSA) is 34.9 Å². The van der Waals surface area contributed by atoms with Gasteiger partial charge >= 0.3 is 0 Å². The molecule has 0 spiro atoms. The first-order valence-electron chi connectivity index (χ1n) is 4.33. The first-order valence-corrected chi connectivity index (χ1v) is 5.12. The fourth-order valence-corrected chi connectivity index (χ4v) is 2.09. The molecule has 0 saturated heterocycles. The molecule has 1 aliphatic carbocycles. The highest BCUT2D eigenvalue weighted by molar-refractivity contribution is 9.10. The van der Waals surface area contributed by atoms with Crippen molar-refractivity contribution in [3.05, 3.63) is 16.4 Å². The van der Waals surface area contributed by atoms with Crippen LogP contribution in [-0.4, -0.2) is 15.6 Å². The molecule has 1 aromatic rings. The number of rotatable bonds is 2. The molecule has 2 rings (SSSR count). The number of halogens is 1. The van der Waals surface area contributed by atoms with Crippen LogP contribution in [-0.2, 0) is 7.05 Å². The predicted molar refractivity (Wildman–Crippen MR) is 52.5 cm³/mol. The lowest BCUT2D eigenvalue weighted by molar-refractivity contribution is 0.0952. The summed E-state index contributed by atoms with van der Waals surface area (Å²) in [5.74, 6) is 1.00. The zero-order valence-corrected chi connectivity index (χ0v) is 9.21. The van der Waals surface area contributed by atoms with Crippen molar-refractivity contribution in [3.8, 4) is 0 Å². The first-order chi connectivity index (χ1) is 6.11. The van der Waals surface area contributed by atoms with E-state index in [1.54, 1.807) is 17.9 Å². The van der Waals surface area contributed by atoms with Gasteiger partial charge in [-0.1, -0.05) is 6.92 Å². The molecule has 2 unspecified atom stereocenters. The maximum Gasteiger partial charge on any atom is 0.185 e. The lowest BCUT2D eigenvalue weighted by Gasteiger charge is -2.00. The van der Waals surface area contributed by atoms with E-state index in [1.165, 1.54) is 0 Å². The van der Waals surface area contributed by atoms with Crippen LogP contribution in [0.2, 0.25) is 0 Å². The van der Waals surface area contributed by atoms with E-state index in [0.29, 0.717) is 11.6 Å². The number of aryl methyl sites for hydroxylation is 1. The molecule has 2 atom stereocenters. The van der Waals surface area contributed by atoms with Gasteiger partial charge in [0.15, 0.2) is 5.78 Å². The molecule has 1 aliphatic rings. The largest absolute Gasteiger partial charge is 0.292 e. The highest BCUT2D eigenvalue weighted by atomic mass is 79.9. The van der Waals surface area contributed by atoms with Crippen LogP contribution in [0.4, 0.5) is 0 Å². The predicted octanol–water partition coefficient (Wildman–Crippen LogP) is 2.02. The van der Waals surface area contributed by atoms with E-state index in [4.69, 9.17) is 0 Å². The third kappa shape index (κ3) is 1.43. The van der Waals surface area contributed by atoms with Crippen molar-refractivity contribution in [3.63, 3.8) is 0 Å². The molecule has 1 heterocycles. The Hall–Kier alpha value is -0.640. The fourth-order valence-electron chi connectivity index (χ4n) is 1.55. The lowest BCUT2D eigenvalue weighted by atomic mass is 10.2. The van der Waals surface area contributed by atoms with Gasteiger partial charge in [-0.2, -0.15) is 5.10 Å². The van der Waals surface area contributed by atoms with Crippen molar-refractivity contribution in [2.75, 3.05) is 0 Å². The zero-order valence-electron chi connectivity index (χ0n) is 7.62. The number of nitrogens with zero attached hydrogens (tertiary/aromatic N) is 2. The van der Waals surface area contributed by atoms with Crippen molar-refractivity contribution in [1.82, 2.24) is 9.78 Å². The molecule has 0 N–H and O–H groups in total. The van der Waals surface area contributed by atoms with Gasteiger partial charge in [-0.25, -0.2) is 0 Å². The minimum atomic E-state index is 0.222. The Morgan fingerprint density at radius 1 is 1.77 bits per heavy atom. The summed E-state index contributed by atoms with van der Waals surface area (Å²) in [6.07, 6.45) is 2.69. The van der Waals surface area contributed by atoms with Gasteiger partial charge in [0.2, 0.25) is 0 Å². The highest BCUT2D eigenvalue weighted by Crippen LogP contribution is 2.41. The number of carbonyl (C=O) groups is 1. The summed E-state index contributed by atoms with van der Waals surface area (Å²) >= 11 is 3.33. The Labute approximate surface area is 85.3 Å². The van der Waals surface area contributed by atoms with Crippen molar-refractivity contribution in [2.45, 2.75) is 13.3 Å². The summed E-state index contributed by atoms with van der Waals surface area (Å²) in [6, 6.07) is 0. The van der Waals surface area contributed by atoms with Crippen molar-refractivity contribution < 1.29 is 4.79 Å². The minimum Gasteiger partial charge on any atom is -0.292 e. The van der Waals surface area contributed by atoms with Gasteiger partial charge in [-0.15, -0.1) is 0 Å². The van der Waals surface area contributed by atoms with Gasteiger partial charge in [0, 0.05) is 13.0 Å². The molecular weight excluding hydrogens is 232 g/mol. The molecule has 1 fully saturated rings. The molecule has 1 saturated carbocycles. The van der Waals surface area contributed by atoms with Gasteiger partial charge in [-0.05, 0) is 28.3 Å².